The van der Waals surface area contributed by atoms with E-state index in [2.05, 4.69) is 30.9 Å². The van der Waals surface area contributed by atoms with Gasteiger partial charge in [0.15, 0.2) is 0 Å². The fourth-order valence-electron chi connectivity index (χ4n) is 2.84. The number of aromatic amines is 1. The second-order valence-corrected chi connectivity index (χ2v) is 6.47. The zero-order chi connectivity index (χ0) is 14.1. The van der Waals surface area contributed by atoms with Crippen molar-refractivity contribution in [1.29, 1.82) is 0 Å². The van der Waals surface area contributed by atoms with E-state index in [1.807, 2.05) is 19.2 Å². The topological polar surface area (TPSA) is 41.6 Å². The predicted molar refractivity (Wildman–Crippen MR) is 86.3 cm³/mol. The first-order valence-electron chi connectivity index (χ1n) is 6.87. The van der Waals surface area contributed by atoms with E-state index in [4.69, 9.17) is 12.2 Å². The molecule has 2 heterocycles. The SMILES string of the molecule is Cc1cnccc1-c1nc(=S)c(Br)c(C2CCCC2)[nH]1. The van der Waals surface area contributed by atoms with Gasteiger partial charge in [0.05, 0.1) is 4.47 Å². The number of aromatic nitrogens is 3. The normalized spacial score (nSPS) is 15.7. The van der Waals surface area contributed by atoms with Gasteiger partial charge < -0.3 is 4.98 Å². The number of aryl methyl sites for hydroxylation is 1. The maximum absolute atomic E-state index is 5.41. The van der Waals surface area contributed by atoms with Crippen molar-refractivity contribution in [2.24, 2.45) is 0 Å². The predicted octanol–water partition coefficient (Wildman–Crippen LogP) is 4.93. The molecule has 1 fully saturated rings. The zero-order valence-electron chi connectivity index (χ0n) is 11.3. The van der Waals surface area contributed by atoms with Crippen molar-refractivity contribution in [1.82, 2.24) is 15.0 Å². The van der Waals surface area contributed by atoms with E-state index >= 15 is 0 Å². The van der Waals surface area contributed by atoms with E-state index in [9.17, 15) is 0 Å². The van der Waals surface area contributed by atoms with Gasteiger partial charge in [-0.2, -0.15) is 0 Å². The minimum Gasteiger partial charge on any atom is -0.342 e. The van der Waals surface area contributed by atoms with Crippen molar-refractivity contribution >= 4 is 28.1 Å². The van der Waals surface area contributed by atoms with Crippen LogP contribution in [0.2, 0.25) is 0 Å². The summed E-state index contributed by atoms with van der Waals surface area (Å²) in [7, 11) is 0. The molecule has 0 spiro atoms. The summed E-state index contributed by atoms with van der Waals surface area (Å²) in [5.41, 5.74) is 3.37. The molecule has 0 atom stereocenters. The van der Waals surface area contributed by atoms with Crippen LogP contribution in [0.25, 0.3) is 11.4 Å². The van der Waals surface area contributed by atoms with E-state index in [1.165, 1.54) is 31.4 Å². The summed E-state index contributed by atoms with van der Waals surface area (Å²) in [5.74, 6) is 1.41. The van der Waals surface area contributed by atoms with Crippen molar-refractivity contribution in [3.05, 3.63) is 38.8 Å². The van der Waals surface area contributed by atoms with Gasteiger partial charge in [0, 0.05) is 29.6 Å². The quantitative estimate of drug-likeness (QED) is 0.781. The number of H-pyrrole nitrogens is 1. The van der Waals surface area contributed by atoms with Crippen LogP contribution in [-0.2, 0) is 0 Å². The van der Waals surface area contributed by atoms with Gasteiger partial charge in [-0.25, -0.2) is 4.98 Å². The van der Waals surface area contributed by atoms with Crippen LogP contribution in [0.4, 0.5) is 0 Å². The minimum atomic E-state index is 0.565. The Morgan fingerprint density at radius 2 is 2.10 bits per heavy atom. The van der Waals surface area contributed by atoms with Crippen LogP contribution in [0.1, 0.15) is 42.9 Å². The first-order chi connectivity index (χ1) is 9.66. The summed E-state index contributed by atoms with van der Waals surface area (Å²) in [6.45, 7) is 2.04. The molecule has 20 heavy (non-hydrogen) atoms. The van der Waals surface area contributed by atoms with Gasteiger partial charge in [-0.3, -0.25) is 4.98 Å². The molecule has 0 amide bonds. The van der Waals surface area contributed by atoms with Crippen LogP contribution >= 0.6 is 28.1 Å². The third kappa shape index (κ3) is 2.56. The van der Waals surface area contributed by atoms with Crippen LogP contribution < -0.4 is 0 Å². The highest BCUT2D eigenvalue weighted by atomic mass is 79.9. The lowest BCUT2D eigenvalue weighted by molar-refractivity contribution is 0.689. The summed E-state index contributed by atoms with van der Waals surface area (Å²) in [4.78, 5) is 12.2. The van der Waals surface area contributed by atoms with Gasteiger partial charge >= 0.3 is 0 Å². The molecule has 3 rings (SSSR count). The molecule has 1 saturated carbocycles. The average molecular weight is 350 g/mol. The molecular formula is C15H16BrN3S. The van der Waals surface area contributed by atoms with E-state index in [1.54, 1.807) is 6.20 Å². The van der Waals surface area contributed by atoms with Gasteiger partial charge in [0.25, 0.3) is 0 Å². The van der Waals surface area contributed by atoms with Crippen LogP contribution in [-0.4, -0.2) is 15.0 Å². The first-order valence-corrected chi connectivity index (χ1v) is 8.07. The minimum absolute atomic E-state index is 0.565. The van der Waals surface area contributed by atoms with Crippen LogP contribution in [0.5, 0.6) is 0 Å². The second kappa shape index (κ2) is 5.74. The largest absolute Gasteiger partial charge is 0.342 e. The smallest absolute Gasteiger partial charge is 0.144 e. The fourth-order valence-corrected chi connectivity index (χ4v) is 3.55. The lowest BCUT2D eigenvalue weighted by Crippen LogP contribution is -2.03. The standard InChI is InChI=1S/C15H16BrN3S/c1-9-8-17-7-6-11(9)14-18-13(10-4-2-3-5-10)12(16)15(20)19-14/h6-8,10H,2-5H2,1H3,(H,18,19,20). The number of halogens is 1. The van der Waals surface area contributed by atoms with E-state index in [0.29, 0.717) is 10.6 Å². The van der Waals surface area contributed by atoms with Crippen molar-refractivity contribution in [3.8, 4) is 11.4 Å². The van der Waals surface area contributed by atoms with Gasteiger partial charge in [-0.1, -0.05) is 25.1 Å². The molecule has 3 nitrogen and oxygen atoms in total. The van der Waals surface area contributed by atoms with Crippen LogP contribution in [0.3, 0.4) is 0 Å². The van der Waals surface area contributed by atoms with E-state index in [0.717, 1.165) is 21.4 Å². The Bertz CT molecular complexity index is 690. The highest BCUT2D eigenvalue weighted by molar-refractivity contribution is 9.10. The van der Waals surface area contributed by atoms with Gasteiger partial charge in [0.2, 0.25) is 0 Å². The highest BCUT2D eigenvalue weighted by Gasteiger charge is 2.22. The molecule has 1 N–H and O–H groups in total. The van der Waals surface area contributed by atoms with E-state index in [-0.39, 0.29) is 0 Å². The Morgan fingerprint density at radius 1 is 1.35 bits per heavy atom. The van der Waals surface area contributed by atoms with Crippen molar-refractivity contribution in [2.45, 2.75) is 38.5 Å². The van der Waals surface area contributed by atoms with Gasteiger partial charge in [0.1, 0.15) is 10.5 Å². The Labute approximate surface area is 132 Å². The summed E-state index contributed by atoms with van der Waals surface area (Å²) < 4.78 is 1.59. The maximum Gasteiger partial charge on any atom is 0.144 e. The molecule has 104 valence electrons. The maximum atomic E-state index is 5.41. The summed E-state index contributed by atoms with van der Waals surface area (Å²) in [6, 6.07) is 1.98. The van der Waals surface area contributed by atoms with Crippen molar-refractivity contribution < 1.29 is 0 Å². The summed E-state index contributed by atoms with van der Waals surface area (Å²) >= 11 is 9.02. The number of pyridine rings is 1. The molecule has 0 saturated heterocycles. The highest BCUT2D eigenvalue weighted by Crippen LogP contribution is 2.37. The monoisotopic (exact) mass is 349 g/mol. The first kappa shape index (κ1) is 13.9. The fraction of sp³-hybridized carbons (Fsp3) is 0.400. The molecule has 0 radical (unpaired) electrons. The van der Waals surface area contributed by atoms with Crippen LogP contribution in [0, 0.1) is 11.6 Å². The molecule has 1 aliphatic carbocycles. The number of rotatable bonds is 2. The van der Waals surface area contributed by atoms with Crippen molar-refractivity contribution in [3.63, 3.8) is 0 Å². The van der Waals surface area contributed by atoms with E-state index < -0.39 is 0 Å². The Hall–Kier alpha value is -1.07. The number of hydrogen-bond donors (Lipinski definition) is 1. The molecule has 0 aliphatic heterocycles. The molecule has 5 heteroatoms. The lowest BCUT2D eigenvalue weighted by atomic mass is 10.0. The molecule has 0 aromatic carbocycles. The molecule has 2 aromatic heterocycles. The molecule has 0 bridgehead atoms. The number of nitrogens with one attached hydrogen (secondary N) is 1. The molecule has 1 aliphatic rings. The zero-order valence-corrected chi connectivity index (χ0v) is 13.7. The van der Waals surface area contributed by atoms with Gasteiger partial charge in [-0.05, 0) is 47.3 Å². The number of nitrogens with zero attached hydrogens (tertiary/aromatic N) is 2. The molecule has 0 unspecified atom stereocenters. The molecule has 2 aromatic rings. The Kier molecular flexibility index (Phi) is 3.98. The molecular weight excluding hydrogens is 334 g/mol. The Morgan fingerprint density at radius 3 is 2.80 bits per heavy atom. The average Bonchev–Trinajstić information content (AvgIpc) is 2.96. The number of hydrogen-bond acceptors (Lipinski definition) is 3. The third-order valence-electron chi connectivity index (χ3n) is 3.93. The lowest BCUT2D eigenvalue weighted by Gasteiger charge is -2.14. The summed E-state index contributed by atoms with van der Waals surface area (Å²) in [6.07, 6.45) is 8.68. The second-order valence-electron chi connectivity index (χ2n) is 5.29. The Balaban J connectivity index is 2.14. The third-order valence-corrected chi connectivity index (χ3v) is 5.29. The van der Waals surface area contributed by atoms with Crippen molar-refractivity contribution in [2.75, 3.05) is 0 Å². The summed E-state index contributed by atoms with van der Waals surface area (Å²) in [5, 5.41) is 0. The van der Waals surface area contributed by atoms with Crippen LogP contribution in [0.15, 0.2) is 22.9 Å². The van der Waals surface area contributed by atoms with Gasteiger partial charge in [-0.15, -0.1) is 0 Å².